The van der Waals surface area contributed by atoms with Gasteiger partial charge in [-0.3, -0.25) is 9.59 Å². The van der Waals surface area contributed by atoms with Crippen LogP contribution in [0.3, 0.4) is 0 Å². The lowest BCUT2D eigenvalue weighted by molar-refractivity contribution is -0.121. The summed E-state index contributed by atoms with van der Waals surface area (Å²) >= 11 is 0. The predicted octanol–water partition coefficient (Wildman–Crippen LogP) is 1.81. The zero-order valence-corrected chi connectivity index (χ0v) is 16.2. The molecule has 0 bridgehead atoms. The first kappa shape index (κ1) is 19.8. The molecule has 4 rings (SSSR count). The Balaban J connectivity index is 1.62. The first-order valence-corrected chi connectivity index (χ1v) is 9.65. The summed E-state index contributed by atoms with van der Waals surface area (Å²) in [5.41, 5.74) is 13.8. The largest absolute Gasteiger partial charge is 0.369 e. The molecule has 0 saturated carbocycles. The van der Waals surface area contributed by atoms with Crippen LogP contribution >= 0.6 is 0 Å². The minimum Gasteiger partial charge on any atom is -0.369 e. The first-order valence-electron chi connectivity index (χ1n) is 9.65. The molecule has 7 nitrogen and oxygen atoms in total. The van der Waals surface area contributed by atoms with Gasteiger partial charge in [0, 0.05) is 43.5 Å². The van der Waals surface area contributed by atoms with Crippen molar-refractivity contribution in [2.24, 2.45) is 17.4 Å². The molecule has 0 aliphatic carbocycles. The van der Waals surface area contributed by atoms with Gasteiger partial charge in [0.1, 0.15) is 11.5 Å². The Morgan fingerprint density at radius 2 is 1.97 bits per heavy atom. The quantitative estimate of drug-likeness (QED) is 0.673. The van der Waals surface area contributed by atoms with Crippen molar-refractivity contribution in [3.63, 3.8) is 0 Å². The van der Waals surface area contributed by atoms with E-state index < -0.39 is 17.6 Å². The van der Waals surface area contributed by atoms with E-state index in [0.29, 0.717) is 18.7 Å². The van der Waals surface area contributed by atoms with Crippen LogP contribution in [0.4, 0.5) is 4.39 Å². The lowest BCUT2D eigenvalue weighted by Crippen LogP contribution is -2.32. The Hall–Kier alpha value is -3.52. The fraction of sp³-hybridized carbons (Fsp3) is 0.227. The number of aromatic nitrogens is 2. The van der Waals surface area contributed by atoms with E-state index in [1.807, 2.05) is 24.3 Å². The zero-order valence-electron chi connectivity index (χ0n) is 16.2. The topological polar surface area (TPSA) is 107 Å². The molecule has 8 heteroatoms. The number of hydrogen-bond acceptors (Lipinski definition) is 4. The molecule has 2 aromatic carbocycles. The van der Waals surface area contributed by atoms with Gasteiger partial charge in [-0.1, -0.05) is 24.3 Å². The summed E-state index contributed by atoms with van der Waals surface area (Å²) in [6, 6.07) is 13.5. The Morgan fingerprint density at radius 3 is 2.67 bits per heavy atom. The highest BCUT2D eigenvalue weighted by Gasteiger charge is 2.39. The maximum absolute atomic E-state index is 14.2. The fourth-order valence-corrected chi connectivity index (χ4v) is 3.96. The van der Waals surface area contributed by atoms with Crippen LogP contribution in [0.25, 0.3) is 5.69 Å². The maximum Gasteiger partial charge on any atom is 0.253 e. The van der Waals surface area contributed by atoms with Gasteiger partial charge in [-0.25, -0.2) is 9.07 Å². The summed E-state index contributed by atoms with van der Waals surface area (Å²) < 4.78 is 15.6. The third kappa shape index (κ3) is 3.69. The Morgan fingerprint density at radius 1 is 1.13 bits per heavy atom. The van der Waals surface area contributed by atoms with E-state index in [1.165, 1.54) is 29.1 Å². The number of nitrogens with zero attached hydrogens (tertiary/aromatic N) is 3. The molecule has 1 fully saturated rings. The molecule has 0 unspecified atom stereocenters. The second kappa shape index (κ2) is 8.08. The molecule has 0 spiro atoms. The first-order chi connectivity index (χ1) is 14.5. The van der Waals surface area contributed by atoms with Crippen LogP contribution in [0.2, 0.25) is 0 Å². The molecule has 154 valence electrons. The summed E-state index contributed by atoms with van der Waals surface area (Å²) in [6.07, 6.45) is 3.14. The third-order valence-electron chi connectivity index (χ3n) is 5.53. The second-order valence-corrected chi connectivity index (χ2v) is 7.39. The number of likely N-dealkylation sites (tertiary alicyclic amines) is 1. The van der Waals surface area contributed by atoms with Gasteiger partial charge in [-0.05, 0) is 35.4 Å². The van der Waals surface area contributed by atoms with Gasteiger partial charge >= 0.3 is 0 Å². The number of primary amides is 1. The van der Waals surface area contributed by atoms with Gasteiger partial charge in [0.05, 0.1) is 5.92 Å². The van der Waals surface area contributed by atoms with E-state index in [1.54, 1.807) is 17.2 Å². The number of rotatable bonds is 5. The minimum atomic E-state index is -0.506. The Kier molecular flexibility index (Phi) is 5.33. The van der Waals surface area contributed by atoms with E-state index in [9.17, 15) is 14.0 Å². The molecule has 1 aliphatic heterocycles. The number of halogens is 1. The standard InChI is InChI=1S/C22H22FN5O2/c23-19-6-5-16(10-20(19)28-8-2-7-26-28)22(30)27-12-17(18(13-27)21(25)29)15-4-1-3-14(9-15)11-24/h1-10,17-18H,11-13,24H2,(H2,25,29)/t17-,18+/m1/s1. The number of benzene rings is 2. The molecule has 1 saturated heterocycles. The van der Waals surface area contributed by atoms with Gasteiger partial charge in [0.2, 0.25) is 5.91 Å². The fourth-order valence-electron chi connectivity index (χ4n) is 3.96. The van der Waals surface area contributed by atoms with E-state index in [4.69, 9.17) is 11.5 Å². The second-order valence-electron chi connectivity index (χ2n) is 7.39. The van der Waals surface area contributed by atoms with Crippen molar-refractivity contribution in [1.82, 2.24) is 14.7 Å². The van der Waals surface area contributed by atoms with E-state index in [2.05, 4.69) is 5.10 Å². The molecule has 1 aromatic heterocycles. The van der Waals surface area contributed by atoms with Gasteiger partial charge in [-0.2, -0.15) is 5.10 Å². The van der Waals surface area contributed by atoms with Crippen LogP contribution in [-0.2, 0) is 11.3 Å². The number of nitrogens with two attached hydrogens (primary N) is 2. The molecule has 2 amide bonds. The highest BCUT2D eigenvalue weighted by Crippen LogP contribution is 2.34. The molecule has 4 N–H and O–H groups in total. The molecule has 0 radical (unpaired) electrons. The van der Waals surface area contributed by atoms with Crippen LogP contribution in [0.1, 0.15) is 27.4 Å². The smallest absolute Gasteiger partial charge is 0.253 e. The summed E-state index contributed by atoms with van der Waals surface area (Å²) in [6.45, 7) is 0.936. The average Bonchev–Trinajstić information content (AvgIpc) is 3.44. The molecule has 3 aromatic rings. The lowest BCUT2D eigenvalue weighted by Gasteiger charge is -2.18. The van der Waals surface area contributed by atoms with Crippen molar-refractivity contribution in [1.29, 1.82) is 0 Å². The van der Waals surface area contributed by atoms with Crippen molar-refractivity contribution in [2.45, 2.75) is 12.5 Å². The van der Waals surface area contributed by atoms with Gasteiger partial charge in [0.15, 0.2) is 0 Å². The monoisotopic (exact) mass is 407 g/mol. The Labute approximate surface area is 173 Å². The summed E-state index contributed by atoms with van der Waals surface area (Å²) in [5.74, 6) is -1.95. The van der Waals surface area contributed by atoms with Crippen molar-refractivity contribution in [3.8, 4) is 5.69 Å². The van der Waals surface area contributed by atoms with E-state index in [0.717, 1.165) is 11.1 Å². The predicted molar refractivity (Wildman–Crippen MR) is 109 cm³/mol. The van der Waals surface area contributed by atoms with Crippen molar-refractivity contribution < 1.29 is 14.0 Å². The molecule has 1 aliphatic rings. The molecule has 2 heterocycles. The summed E-state index contributed by atoms with van der Waals surface area (Å²) in [5, 5.41) is 4.03. The Bertz CT molecular complexity index is 1080. The normalized spacial score (nSPS) is 18.5. The molecular formula is C22H22FN5O2. The zero-order chi connectivity index (χ0) is 21.3. The highest BCUT2D eigenvalue weighted by atomic mass is 19.1. The molecular weight excluding hydrogens is 385 g/mol. The van der Waals surface area contributed by atoms with Gasteiger partial charge < -0.3 is 16.4 Å². The SMILES string of the molecule is NCc1cccc([C@H]2CN(C(=O)c3ccc(F)c(-n4cccn4)c3)C[C@@H]2C(N)=O)c1. The number of carbonyl (C=O) groups is 2. The van der Waals surface area contributed by atoms with Crippen LogP contribution in [-0.4, -0.2) is 39.6 Å². The summed E-state index contributed by atoms with van der Waals surface area (Å²) in [7, 11) is 0. The lowest BCUT2D eigenvalue weighted by atomic mass is 9.88. The van der Waals surface area contributed by atoms with E-state index >= 15 is 0 Å². The van der Waals surface area contributed by atoms with Crippen LogP contribution < -0.4 is 11.5 Å². The van der Waals surface area contributed by atoms with Gasteiger partial charge in [-0.15, -0.1) is 0 Å². The third-order valence-corrected chi connectivity index (χ3v) is 5.53. The van der Waals surface area contributed by atoms with Crippen LogP contribution in [0.15, 0.2) is 60.9 Å². The molecule has 30 heavy (non-hydrogen) atoms. The van der Waals surface area contributed by atoms with Gasteiger partial charge in [0.25, 0.3) is 5.91 Å². The van der Waals surface area contributed by atoms with Crippen molar-refractivity contribution in [2.75, 3.05) is 13.1 Å². The average molecular weight is 407 g/mol. The van der Waals surface area contributed by atoms with Crippen molar-refractivity contribution in [3.05, 3.63) is 83.4 Å². The number of carbonyl (C=O) groups excluding carboxylic acids is 2. The molecule has 2 atom stereocenters. The maximum atomic E-state index is 14.2. The van der Waals surface area contributed by atoms with Crippen LogP contribution in [0.5, 0.6) is 0 Å². The minimum absolute atomic E-state index is 0.184. The highest BCUT2D eigenvalue weighted by molar-refractivity contribution is 5.95. The van der Waals surface area contributed by atoms with Crippen LogP contribution in [0, 0.1) is 11.7 Å². The van der Waals surface area contributed by atoms with Crippen molar-refractivity contribution >= 4 is 11.8 Å². The number of hydrogen-bond donors (Lipinski definition) is 2. The van der Waals surface area contributed by atoms with E-state index in [-0.39, 0.29) is 24.1 Å². The number of amides is 2. The summed E-state index contributed by atoms with van der Waals surface area (Å²) in [4.78, 5) is 26.8.